The highest BCUT2D eigenvalue weighted by atomic mass is 19.1. The average molecular weight is 476 g/mol. The summed E-state index contributed by atoms with van der Waals surface area (Å²) in [4.78, 5) is 5.07. The largest absolute Gasteiger partial charge is 0.488 e. The third kappa shape index (κ3) is 6.37. The number of aliphatic hydroxyl groups excluding tert-OH is 1. The van der Waals surface area contributed by atoms with E-state index in [0.29, 0.717) is 12.4 Å². The number of aromatic nitrogens is 1. The van der Waals surface area contributed by atoms with Crippen molar-refractivity contribution in [1.29, 1.82) is 0 Å². The van der Waals surface area contributed by atoms with Gasteiger partial charge in [0.25, 0.3) is 0 Å². The minimum Gasteiger partial charge on any atom is -0.488 e. The number of aliphatic hydroxyl groups is 1. The Morgan fingerprint density at radius 2 is 1.66 bits per heavy atom. The van der Waals surface area contributed by atoms with Crippen LogP contribution >= 0.6 is 0 Å². The Balaban J connectivity index is 2.33. The quantitative estimate of drug-likeness (QED) is 0.319. The minimum atomic E-state index is -0.749. The van der Waals surface area contributed by atoms with Gasteiger partial charge in [0.2, 0.25) is 0 Å². The number of hydrogen-bond acceptors (Lipinski definition) is 3. The molecule has 1 N–H and O–H groups in total. The first-order valence-electron chi connectivity index (χ1n) is 12.6. The fourth-order valence-corrected chi connectivity index (χ4v) is 4.34. The summed E-state index contributed by atoms with van der Waals surface area (Å²) in [6.45, 7) is 12.7. The van der Waals surface area contributed by atoms with E-state index >= 15 is 0 Å². The molecule has 0 spiro atoms. The van der Waals surface area contributed by atoms with Gasteiger partial charge >= 0.3 is 0 Å². The Morgan fingerprint density at radius 3 is 2.26 bits per heavy atom. The third-order valence-electron chi connectivity index (χ3n) is 6.03. The van der Waals surface area contributed by atoms with Crippen LogP contribution in [0.4, 0.5) is 4.39 Å². The van der Waals surface area contributed by atoms with E-state index < -0.39 is 6.10 Å². The minimum absolute atomic E-state index is 0.110. The highest BCUT2D eigenvalue weighted by molar-refractivity contribution is 5.84. The Labute approximate surface area is 209 Å². The fourth-order valence-electron chi connectivity index (χ4n) is 4.34. The number of hydrogen-bond donors (Lipinski definition) is 1. The van der Waals surface area contributed by atoms with Crippen LogP contribution in [0.1, 0.15) is 100 Å². The summed E-state index contributed by atoms with van der Waals surface area (Å²) in [6, 6.07) is 14.5. The number of rotatable bonds is 10. The Bertz CT molecular complexity index is 1150. The first kappa shape index (κ1) is 26.6. The second kappa shape index (κ2) is 12.1. The van der Waals surface area contributed by atoms with Gasteiger partial charge in [-0.3, -0.25) is 4.98 Å². The summed E-state index contributed by atoms with van der Waals surface area (Å²) in [5.74, 6) is 0.376. The van der Waals surface area contributed by atoms with Crippen LogP contribution in [-0.4, -0.2) is 10.1 Å². The summed E-state index contributed by atoms with van der Waals surface area (Å²) < 4.78 is 20.7. The molecule has 2 aromatic carbocycles. The topological polar surface area (TPSA) is 42.4 Å². The molecular weight excluding hydrogens is 437 g/mol. The maximum Gasteiger partial charge on any atom is 0.130 e. The maximum absolute atomic E-state index is 14.5. The van der Waals surface area contributed by atoms with Gasteiger partial charge in [0.1, 0.15) is 18.2 Å². The van der Waals surface area contributed by atoms with Crippen LogP contribution in [-0.2, 0) is 6.61 Å². The molecule has 186 valence electrons. The van der Waals surface area contributed by atoms with Crippen LogP contribution in [0, 0.1) is 5.82 Å². The summed E-state index contributed by atoms with van der Waals surface area (Å²) in [5.41, 5.74) is 6.21. The molecule has 35 heavy (non-hydrogen) atoms. The number of unbranched alkanes of at least 4 members (excludes halogenated alkanes) is 1. The highest BCUT2D eigenvalue weighted by Crippen LogP contribution is 2.43. The molecule has 0 bridgehead atoms. The van der Waals surface area contributed by atoms with E-state index in [1.807, 2.05) is 30.3 Å². The normalized spacial score (nSPS) is 12.6. The number of pyridine rings is 1. The van der Waals surface area contributed by atoms with E-state index in [9.17, 15) is 9.50 Å². The van der Waals surface area contributed by atoms with E-state index in [2.05, 4.69) is 46.8 Å². The van der Waals surface area contributed by atoms with Crippen LogP contribution in [0.5, 0.6) is 5.75 Å². The Kier molecular flexibility index (Phi) is 9.22. The summed E-state index contributed by atoms with van der Waals surface area (Å²) in [6.07, 6.45) is 5.49. The van der Waals surface area contributed by atoms with Crippen molar-refractivity contribution in [2.24, 2.45) is 0 Å². The van der Waals surface area contributed by atoms with E-state index in [-0.39, 0.29) is 17.7 Å². The summed E-state index contributed by atoms with van der Waals surface area (Å²) >= 11 is 0. The van der Waals surface area contributed by atoms with Gasteiger partial charge < -0.3 is 9.84 Å². The van der Waals surface area contributed by atoms with Crippen molar-refractivity contribution in [3.05, 3.63) is 88.5 Å². The van der Waals surface area contributed by atoms with Crippen molar-refractivity contribution in [3.8, 4) is 16.9 Å². The average Bonchev–Trinajstić information content (AvgIpc) is 2.82. The maximum atomic E-state index is 14.5. The molecule has 0 saturated heterocycles. The molecule has 3 rings (SSSR count). The van der Waals surface area contributed by atoms with Gasteiger partial charge in [-0.15, -0.1) is 0 Å². The monoisotopic (exact) mass is 475 g/mol. The molecule has 0 aliphatic heterocycles. The highest BCUT2D eigenvalue weighted by Gasteiger charge is 2.27. The second-order valence-electron chi connectivity index (χ2n) is 9.68. The molecular formula is C31H38FNO2. The molecule has 0 aliphatic carbocycles. The second-order valence-corrected chi connectivity index (χ2v) is 9.68. The smallest absolute Gasteiger partial charge is 0.130 e. The predicted molar refractivity (Wildman–Crippen MR) is 143 cm³/mol. The zero-order valence-corrected chi connectivity index (χ0v) is 21.8. The molecule has 3 nitrogen and oxygen atoms in total. The molecule has 0 fully saturated rings. The predicted octanol–water partition coefficient (Wildman–Crippen LogP) is 8.58. The standard InChI is InChI=1S/C31H38FNO2/c1-7-8-10-15-26-29(28(22(6)34)31(21(4)5)33-30(26)20(2)3)25-17-16-24(32)18-27(25)35-19-23-13-11-9-12-14-23/h9-18,20-22,34H,7-8,19H2,1-6H3/b15-10+/t22-/m1/s1. The van der Waals surface area contributed by atoms with Gasteiger partial charge in [0.05, 0.1) is 11.8 Å². The molecule has 4 heteroatoms. The molecule has 0 radical (unpaired) electrons. The number of nitrogens with zero attached hydrogens (tertiary/aromatic N) is 1. The van der Waals surface area contributed by atoms with E-state index in [0.717, 1.165) is 52.0 Å². The van der Waals surface area contributed by atoms with Gasteiger partial charge in [-0.2, -0.15) is 0 Å². The van der Waals surface area contributed by atoms with Crippen molar-refractivity contribution in [2.75, 3.05) is 0 Å². The van der Waals surface area contributed by atoms with Crippen LogP contribution < -0.4 is 4.74 Å². The number of benzene rings is 2. The van der Waals surface area contributed by atoms with Gasteiger partial charge in [0.15, 0.2) is 0 Å². The van der Waals surface area contributed by atoms with E-state index in [1.165, 1.54) is 12.1 Å². The van der Waals surface area contributed by atoms with Crippen LogP contribution in [0.25, 0.3) is 17.2 Å². The molecule has 1 atom stereocenters. The van der Waals surface area contributed by atoms with Gasteiger partial charge in [-0.1, -0.05) is 83.5 Å². The molecule has 3 aromatic rings. The SMILES string of the molecule is CCC/C=C/c1c(C(C)C)nc(C(C)C)c([C@@H](C)O)c1-c1ccc(F)cc1OCc1ccccc1. The third-order valence-corrected chi connectivity index (χ3v) is 6.03. The summed E-state index contributed by atoms with van der Waals surface area (Å²) in [5, 5.41) is 11.0. The lowest BCUT2D eigenvalue weighted by molar-refractivity contribution is 0.197. The molecule has 0 aliphatic rings. The lowest BCUT2D eigenvalue weighted by atomic mass is 9.84. The van der Waals surface area contributed by atoms with Crippen LogP contribution in [0.2, 0.25) is 0 Å². The Morgan fingerprint density at radius 1 is 0.971 bits per heavy atom. The Hall–Kier alpha value is -2.98. The van der Waals surface area contributed by atoms with Crippen molar-refractivity contribution in [2.45, 2.75) is 78.9 Å². The zero-order chi connectivity index (χ0) is 25.5. The number of allylic oxidation sites excluding steroid dienone is 1. The first-order valence-corrected chi connectivity index (χ1v) is 12.6. The molecule has 1 aromatic heterocycles. The number of halogens is 1. The molecule has 1 heterocycles. The lowest BCUT2D eigenvalue weighted by Gasteiger charge is -2.26. The zero-order valence-electron chi connectivity index (χ0n) is 21.8. The summed E-state index contributed by atoms with van der Waals surface area (Å²) in [7, 11) is 0. The fraction of sp³-hybridized carbons (Fsp3) is 0.387. The lowest BCUT2D eigenvalue weighted by Crippen LogP contribution is -2.13. The first-order chi connectivity index (χ1) is 16.7. The molecule has 0 unspecified atom stereocenters. The number of ether oxygens (including phenoxy) is 1. The van der Waals surface area contributed by atoms with Crippen molar-refractivity contribution < 1.29 is 14.2 Å². The van der Waals surface area contributed by atoms with Gasteiger partial charge in [0, 0.05) is 34.0 Å². The van der Waals surface area contributed by atoms with E-state index in [1.54, 1.807) is 13.0 Å². The van der Waals surface area contributed by atoms with Crippen molar-refractivity contribution in [1.82, 2.24) is 4.98 Å². The van der Waals surface area contributed by atoms with Gasteiger partial charge in [-0.05, 0) is 42.9 Å². The van der Waals surface area contributed by atoms with Gasteiger partial charge in [-0.25, -0.2) is 4.39 Å². The van der Waals surface area contributed by atoms with Crippen molar-refractivity contribution in [3.63, 3.8) is 0 Å². The molecule has 0 saturated carbocycles. The van der Waals surface area contributed by atoms with E-state index in [4.69, 9.17) is 9.72 Å². The van der Waals surface area contributed by atoms with Crippen LogP contribution in [0.3, 0.4) is 0 Å². The molecule has 0 amide bonds. The van der Waals surface area contributed by atoms with Crippen LogP contribution in [0.15, 0.2) is 54.6 Å². The van der Waals surface area contributed by atoms with Crippen molar-refractivity contribution >= 4 is 6.08 Å².